The Kier molecular flexibility index (Phi) is 5.78. The monoisotopic (exact) mass is 387 g/mol. The first-order valence-corrected chi connectivity index (χ1v) is 9.48. The summed E-state index contributed by atoms with van der Waals surface area (Å²) in [6.45, 7) is 8.26. The maximum absolute atomic E-state index is 12.8. The fourth-order valence-electron chi connectivity index (χ4n) is 2.97. The number of carbonyl (C=O) groups excluding carboxylic acids is 2. The molecule has 0 saturated carbocycles. The topological polar surface area (TPSA) is 71.1 Å². The normalized spacial score (nSPS) is 11.0. The van der Waals surface area contributed by atoms with Crippen molar-refractivity contribution in [1.29, 1.82) is 0 Å². The van der Waals surface area contributed by atoms with Crippen LogP contribution in [0.4, 0.5) is 11.4 Å². The number of nitrogens with zero attached hydrogens (tertiary/aromatic N) is 1. The minimum absolute atomic E-state index is 0.113. The number of hydrogen-bond donors (Lipinski definition) is 2. The molecule has 1 aromatic heterocycles. The predicted octanol–water partition coefficient (Wildman–Crippen LogP) is 5.19. The Labute approximate surface area is 171 Å². The van der Waals surface area contributed by atoms with Crippen LogP contribution in [-0.2, 0) is 5.41 Å². The lowest BCUT2D eigenvalue weighted by Crippen LogP contribution is -2.19. The van der Waals surface area contributed by atoms with Gasteiger partial charge in [0.25, 0.3) is 11.8 Å². The average molecular weight is 387 g/mol. The summed E-state index contributed by atoms with van der Waals surface area (Å²) >= 11 is 0. The van der Waals surface area contributed by atoms with Gasteiger partial charge in [-0.15, -0.1) is 0 Å². The molecular weight excluding hydrogens is 362 g/mol. The fourth-order valence-corrected chi connectivity index (χ4v) is 2.97. The van der Waals surface area contributed by atoms with Crippen LogP contribution in [0.2, 0.25) is 0 Å². The zero-order valence-corrected chi connectivity index (χ0v) is 17.1. The van der Waals surface area contributed by atoms with E-state index in [1.807, 2.05) is 55.5 Å². The molecule has 0 spiro atoms. The third kappa shape index (κ3) is 5.08. The maximum Gasteiger partial charge on any atom is 0.257 e. The number of aryl methyl sites for hydroxylation is 1. The van der Waals surface area contributed by atoms with Crippen molar-refractivity contribution in [2.75, 3.05) is 10.6 Å². The summed E-state index contributed by atoms with van der Waals surface area (Å²) in [5.41, 5.74) is 4.12. The van der Waals surface area contributed by atoms with E-state index in [0.29, 0.717) is 16.8 Å². The first-order valence-electron chi connectivity index (χ1n) is 9.48. The Hall–Kier alpha value is -3.47. The van der Waals surface area contributed by atoms with E-state index in [1.165, 1.54) is 12.4 Å². The number of aromatic nitrogens is 1. The van der Waals surface area contributed by atoms with Crippen molar-refractivity contribution in [3.63, 3.8) is 0 Å². The molecule has 0 fully saturated rings. The van der Waals surface area contributed by atoms with E-state index < -0.39 is 0 Å². The van der Waals surface area contributed by atoms with Crippen molar-refractivity contribution in [3.8, 4) is 0 Å². The Morgan fingerprint density at radius 1 is 0.828 bits per heavy atom. The molecule has 0 bridgehead atoms. The second-order valence-electron chi connectivity index (χ2n) is 8.03. The van der Waals surface area contributed by atoms with Crippen LogP contribution < -0.4 is 10.6 Å². The molecule has 0 saturated heterocycles. The molecule has 5 heteroatoms. The standard InChI is InChI=1S/C24H25N3O2/c1-16-9-11-19(12-10-16)26-22(28)17-13-18(15-25-14-17)23(29)27-21-8-6-5-7-20(21)24(2,3)4/h5-15H,1-4H3,(H,26,28)(H,27,29). The van der Waals surface area contributed by atoms with E-state index in [1.54, 1.807) is 6.07 Å². The number of rotatable bonds is 4. The number of pyridine rings is 1. The van der Waals surface area contributed by atoms with Crippen molar-refractivity contribution >= 4 is 23.2 Å². The largest absolute Gasteiger partial charge is 0.322 e. The molecule has 0 aliphatic rings. The van der Waals surface area contributed by atoms with Gasteiger partial charge in [-0.3, -0.25) is 14.6 Å². The molecule has 5 nitrogen and oxygen atoms in total. The quantitative estimate of drug-likeness (QED) is 0.647. The average Bonchev–Trinajstić information content (AvgIpc) is 2.69. The highest BCUT2D eigenvalue weighted by Gasteiger charge is 2.19. The van der Waals surface area contributed by atoms with Gasteiger partial charge in [0.1, 0.15) is 0 Å². The Morgan fingerprint density at radius 2 is 1.41 bits per heavy atom. The number of para-hydroxylation sites is 1. The van der Waals surface area contributed by atoms with Crippen LogP contribution in [0.5, 0.6) is 0 Å². The molecule has 29 heavy (non-hydrogen) atoms. The van der Waals surface area contributed by atoms with Gasteiger partial charge in [-0.05, 0) is 42.2 Å². The molecule has 0 aliphatic carbocycles. The van der Waals surface area contributed by atoms with Crippen molar-refractivity contribution in [2.45, 2.75) is 33.1 Å². The summed E-state index contributed by atoms with van der Waals surface area (Å²) in [7, 11) is 0. The molecule has 0 unspecified atom stereocenters. The lowest BCUT2D eigenvalue weighted by molar-refractivity contribution is 0.102. The van der Waals surface area contributed by atoms with E-state index in [4.69, 9.17) is 0 Å². The van der Waals surface area contributed by atoms with Gasteiger partial charge < -0.3 is 10.6 Å². The second-order valence-corrected chi connectivity index (χ2v) is 8.03. The van der Waals surface area contributed by atoms with Crippen LogP contribution in [0.3, 0.4) is 0 Å². The Bertz CT molecular complexity index is 1030. The highest BCUT2D eigenvalue weighted by Crippen LogP contribution is 2.29. The highest BCUT2D eigenvalue weighted by molar-refractivity contribution is 6.08. The van der Waals surface area contributed by atoms with Crippen LogP contribution in [0, 0.1) is 6.92 Å². The first kappa shape index (κ1) is 20.3. The maximum atomic E-state index is 12.8. The summed E-state index contributed by atoms with van der Waals surface area (Å²) < 4.78 is 0. The van der Waals surface area contributed by atoms with Crippen molar-refractivity contribution in [1.82, 2.24) is 4.98 Å². The summed E-state index contributed by atoms with van der Waals surface area (Å²) in [6.07, 6.45) is 2.90. The van der Waals surface area contributed by atoms with E-state index in [0.717, 1.165) is 16.8 Å². The SMILES string of the molecule is Cc1ccc(NC(=O)c2cncc(C(=O)Nc3ccccc3C(C)(C)C)c2)cc1. The molecule has 2 amide bonds. The molecule has 2 aromatic carbocycles. The third-order valence-electron chi connectivity index (χ3n) is 4.56. The van der Waals surface area contributed by atoms with Gasteiger partial charge in [0.15, 0.2) is 0 Å². The van der Waals surface area contributed by atoms with Gasteiger partial charge >= 0.3 is 0 Å². The molecule has 148 valence electrons. The Balaban J connectivity index is 1.78. The highest BCUT2D eigenvalue weighted by atomic mass is 16.2. The lowest BCUT2D eigenvalue weighted by Gasteiger charge is -2.23. The molecule has 1 heterocycles. The number of benzene rings is 2. The summed E-state index contributed by atoms with van der Waals surface area (Å²) in [5, 5.41) is 5.76. The molecule has 0 aliphatic heterocycles. The molecule has 2 N–H and O–H groups in total. The minimum atomic E-state index is -0.314. The van der Waals surface area contributed by atoms with Gasteiger partial charge in [0, 0.05) is 23.8 Å². The van der Waals surface area contributed by atoms with Crippen LogP contribution in [-0.4, -0.2) is 16.8 Å². The summed E-state index contributed by atoms with van der Waals surface area (Å²) in [6, 6.07) is 16.8. The van der Waals surface area contributed by atoms with Crippen molar-refractivity contribution < 1.29 is 9.59 Å². The van der Waals surface area contributed by atoms with Crippen LogP contribution in [0.1, 0.15) is 52.6 Å². The molecular formula is C24H25N3O2. The number of hydrogen-bond acceptors (Lipinski definition) is 3. The van der Waals surface area contributed by atoms with Gasteiger partial charge in [-0.1, -0.05) is 56.7 Å². The van der Waals surface area contributed by atoms with Crippen LogP contribution in [0.25, 0.3) is 0 Å². The Morgan fingerprint density at radius 3 is 2.03 bits per heavy atom. The van der Waals surface area contributed by atoms with E-state index in [9.17, 15) is 9.59 Å². The zero-order valence-electron chi connectivity index (χ0n) is 17.1. The van der Waals surface area contributed by atoms with E-state index in [2.05, 4.69) is 36.4 Å². The molecule has 3 rings (SSSR count). The smallest absolute Gasteiger partial charge is 0.257 e. The molecule has 3 aromatic rings. The molecule has 0 atom stereocenters. The zero-order chi connectivity index (χ0) is 21.0. The number of anilines is 2. The number of amides is 2. The molecule has 0 radical (unpaired) electrons. The van der Waals surface area contributed by atoms with Gasteiger partial charge in [0.05, 0.1) is 11.1 Å². The van der Waals surface area contributed by atoms with Crippen molar-refractivity contribution in [2.24, 2.45) is 0 Å². The number of nitrogens with one attached hydrogen (secondary N) is 2. The summed E-state index contributed by atoms with van der Waals surface area (Å²) in [5.74, 6) is -0.620. The second kappa shape index (κ2) is 8.27. The van der Waals surface area contributed by atoms with Crippen LogP contribution >= 0.6 is 0 Å². The predicted molar refractivity (Wildman–Crippen MR) is 116 cm³/mol. The van der Waals surface area contributed by atoms with Gasteiger partial charge in [-0.25, -0.2) is 0 Å². The summed E-state index contributed by atoms with van der Waals surface area (Å²) in [4.78, 5) is 29.4. The fraction of sp³-hybridized carbons (Fsp3) is 0.208. The lowest BCUT2D eigenvalue weighted by atomic mass is 9.86. The first-order chi connectivity index (χ1) is 13.7. The number of carbonyl (C=O) groups is 2. The van der Waals surface area contributed by atoms with Crippen molar-refractivity contribution in [3.05, 3.63) is 89.2 Å². The van der Waals surface area contributed by atoms with Crippen LogP contribution in [0.15, 0.2) is 67.0 Å². The van der Waals surface area contributed by atoms with E-state index >= 15 is 0 Å². The minimum Gasteiger partial charge on any atom is -0.322 e. The van der Waals surface area contributed by atoms with E-state index in [-0.39, 0.29) is 17.2 Å². The van der Waals surface area contributed by atoms with Gasteiger partial charge in [0.2, 0.25) is 0 Å². The van der Waals surface area contributed by atoms with Gasteiger partial charge in [-0.2, -0.15) is 0 Å². The third-order valence-corrected chi connectivity index (χ3v) is 4.56.